The lowest BCUT2D eigenvalue weighted by Crippen LogP contribution is -2.19. The Morgan fingerprint density at radius 1 is 1.07 bits per heavy atom. The van der Waals surface area contributed by atoms with Crippen molar-refractivity contribution < 1.29 is 4.79 Å². The molecular formula is C18H20N8OS. The van der Waals surface area contributed by atoms with Gasteiger partial charge in [0.05, 0.1) is 11.4 Å². The highest BCUT2D eigenvalue weighted by molar-refractivity contribution is 7.99. The van der Waals surface area contributed by atoms with Crippen molar-refractivity contribution in [2.75, 3.05) is 29.1 Å². The summed E-state index contributed by atoms with van der Waals surface area (Å²) in [7, 11) is 1.74. The third-order valence-electron chi connectivity index (χ3n) is 4.46. The molecule has 0 aliphatic carbocycles. The number of carbonyl (C=O) groups excluding carboxylic acids is 1. The Balaban J connectivity index is 1.34. The van der Waals surface area contributed by atoms with Gasteiger partial charge in [0.25, 0.3) is 0 Å². The molecule has 0 unspecified atom stereocenters. The molecule has 4 rings (SSSR count). The average molecular weight is 396 g/mol. The van der Waals surface area contributed by atoms with E-state index >= 15 is 0 Å². The first-order valence-electron chi connectivity index (χ1n) is 9.03. The van der Waals surface area contributed by atoms with Crippen LogP contribution in [0.25, 0.3) is 11.3 Å². The molecule has 0 saturated carbocycles. The van der Waals surface area contributed by atoms with Crippen LogP contribution < -0.4 is 10.2 Å². The molecule has 0 radical (unpaired) electrons. The summed E-state index contributed by atoms with van der Waals surface area (Å²) in [6.07, 6.45) is 2.43. The van der Waals surface area contributed by atoms with Crippen molar-refractivity contribution in [2.24, 2.45) is 7.05 Å². The van der Waals surface area contributed by atoms with Gasteiger partial charge >= 0.3 is 0 Å². The van der Waals surface area contributed by atoms with Crippen molar-refractivity contribution in [1.29, 1.82) is 0 Å². The van der Waals surface area contributed by atoms with Gasteiger partial charge in [-0.3, -0.25) is 4.79 Å². The minimum absolute atomic E-state index is 0.115. The molecule has 9 nitrogen and oxygen atoms in total. The van der Waals surface area contributed by atoms with E-state index < -0.39 is 0 Å². The quantitative estimate of drug-likeness (QED) is 0.631. The second-order valence-corrected chi connectivity index (χ2v) is 7.41. The topological polar surface area (TPSA) is 102 Å². The first kappa shape index (κ1) is 18.4. The monoisotopic (exact) mass is 396 g/mol. The van der Waals surface area contributed by atoms with Gasteiger partial charge in [-0.05, 0) is 47.5 Å². The average Bonchev–Trinajstić information content (AvgIpc) is 3.39. The van der Waals surface area contributed by atoms with Crippen LogP contribution in [0.15, 0.2) is 41.6 Å². The van der Waals surface area contributed by atoms with E-state index in [4.69, 9.17) is 0 Å². The fourth-order valence-corrected chi connectivity index (χ4v) is 3.64. The molecule has 0 atom stereocenters. The first-order valence-corrected chi connectivity index (χ1v) is 10.0. The number of tetrazole rings is 1. The minimum atomic E-state index is -0.115. The van der Waals surface area contributed by atoms with E-state index in [9.17, 15) is 4.79 Å². The number of thioether (sulfide) groups is 1. The minimum Gasteiger partial charge on any atom is -0.355 e. The normalized spacial score (nSPS) is 13.7. The highest BCUT2D eigenvalue weighted by Crippen LogP contribution is 2.22. The van der Waals surface area contributed by atoms with Crippen LogP contribution in [-0.4, -0.2) is 55.2 Å². The summed E-state index contributed by atoms with van der Waals surface area (Å²) in [5, 5.41) is 23.3. The van der Waals surface area contributed by atoms with Gasteiger partial charge in [0.15, 0.2) is 5.82 Å². The lowest BCUT2D eigenvalue weighted by molar-refractivity contribution is -0.113. The summed E-state index contributed by atoms with van der Waals surface area (Å²) >= 11 is 1.29. The molecule has 1 aromatic carbocycles. The molecular weight excluding hydrogens is 376 g/mol. The molecule has 2 aromatic heterocycles. The summed E-state index contributed by atoms with van der Waals surface area (Å²) in [5.74, 6) is 1.05. The van der Waals surface area contributed by atoms with Crippen molar-refractivity contribution in [1.82, 2.24) is 30.4 Å². The lowest BCUT2D eigenvalue weighted by atomic mass is 10.1. The number of benzene rings is 1. The summed E-state index contributed by atoms with van der Waals surface area (Å²) in [5.41, 5.74) is 2.50. The highest BCUT2D eigenvalue weighted by Gasteiger charge is 2.14. The van der Waals surface area contributed by atoms with Gasteiger partial charge in [-0.2, -0.15) is 0 Å². The molecule has 1 N–H and O–H groups in total. The summed E-state index contributed by atoms with van der Waals surface area (Å²) < 4.78 is 1.53. The number of anilines is 2. The Kier molecular flexibility index (Phi) is 5.47. The van der Waals surface area contributed by atoms with Crippen molar-refractivity contribution in [3.8, 4) is 11.3 Å². The highest BCUT2D eigenvalue weighted by atomic mass is 32.2. The molecule has 1 saturated heterocycles. The number of aryl methyl sites for hydroxylation is 1. The lowest BCUT2D eigenvalue weighted by Gasteiger charge is -2.15. The number of rotatable bonds is 6. The number of carbonyl (C=O) groups is 1. The molecule has 3 aromatic rings. The molecule has 10 heteroatoms. The summed E-state index contributed by atoms with van der Waals surface area (Å²) in [4.78, 5) is 14.4. The molecule has 28 heavy (non-hydrogen) atoms. The van der Waals surface area contributed by atoms with Crippen LogP contribution in [0.1, 0.15) is 12.8 Å². The second kappa shape index (κ2) is 8.34. The zero-order valence-electron chi connectivity index (χ0n) is 15.4. The zero-order valence-corrected chi connectivity index (χ0v) is 16.3. The predicted octanol–water partition coefficient (Wildman–Crippen LogP) is 2.00. The molecule has 0 bridgehead atoms. The van der Waals surface area contributed by atoms with Crippen LogP contribution >= 0.6 is 11.8 Å². The Hall–Kier alpha value is -3.01. The number of hydrogen-bond donors (Lipinski definition) is 1. The third kappa shape index (κ3) is 4.28. The Bertz CT molecular complexity index is 935. The standard InChI is InChI=1S/C18H20N8OS/c1-25-18(22-23-24-25)28-12-17(27)19-14-6-4-13(5-7-14)15-8-9-16(21-20-15)26-10-2-3-11-26/h4-9H,2-3,10-12H2,1H3,(H,19,27). The van der Waals surface area contributed by atoms with Crippen molar-refractivity contribution in [3.05, 3.63) is 36.4 Å². The second-order valence-electron chi connectivity index (χ2n) is 6.47. The number of aromatic nitrogens is 6. The molecule has 3 heterocycles. The van der Waals surface area contributed by atoms with E-state index in [1.54, 1.807) is 7.05 Å². The summed E-state index contributed by atoms with van der Waals surface area (Å²) in [6, 6.07) is 11.6. The Labute approximate surface area is 166 Å². The fourth-order valence-electron chi connectivity index (χ4n) is 2.99. The molecule has 1 amide bonds. The number of nitrogens with one attached hydrogen (secondary N) is 1. The van der Waals surface area contributed by atoms with Crippen LogP contribution in [0.5, 0.6) is 0 Å². The third-order valence-corrected chi connectivity index (χ3v) is 5.47. The smallest absolute Gasteiger partial charge is 0.234 e. The fraction of sp³-hybridized carbons (Fsp3) is 0.333. The van der Waals surface area contributed by atoms with Crippen LogP contribution in [-0.2, 0) is 11.8 Å². The van der Waals surface area contributed by atoms with Crippen LogP contribution in [0, 0.1) is 0 Å². The molecule has 1 fully saturated rings. The van der Waals surface area contributed by atoms with Gasteiger partial charge in [0.1, 0.15) is 0 Å². The molecule has 0 spiro atoms. The van der Waals surface area contributed by atoms with Crippen LogP contribution in [0.2, 0.25) is 0 Å². The van der Waals surface area contributed by atoms with E-state index in [1.165, 1.54) is 29.3 Å². The van der Waals surface area contributed by atoms with Gasteiger partial charge in [0, 0.05) is 31.4 Å². The first-order chi connectivity index (χ1) is 13.7. The van der Waals surface area contributed by atoms with E-state index in [1.807, 2.05) is 36.4 Å². The van der Waals surface area contributed by atoms with E-state index in [0.29, 0.717) is 5.16 Å². The Morgan fingerprint density at radius 2 is 1.86 bits per heavy atom. The predicted molar refractivity (Wildman–Crippen MR) is 107 cm³/mol. The number of hydrogen-bond acceptors (Lipinski definition) is 8. The SMILES string of the molecule is Cn1nnnc1SCC(=O)Nc1ccc(-c2ccc(N3CCCC3)nn2)cc1. The maximum absolute atomic E-state index is 12.1. The van der Waals surface area contributed by atoms with Gasteiger partial charge in [-0.15, -0.1) is 15.3 Å². The van der Waals surface area contributed by atoms with Crippen LogP contribution in [0.4, 0.5) is 11.5 Å². The van der Waals surface area contributed by atoms with Crippen molar-refractivity contribution >= 4 is 29.2 Å². The van der Waals surface area contributed by atoms with Gasteiger partial charge in [-0.25, -0.2) is 4.68 Å². The van der Waals surface area contributed by atoms with Gasteiger partial charge in [-0.1, -0.05) is 23.9 Å². The Morgan fingerprint density at radius 3 is 2.50 bits per heavy atom. The van der Waals surface area contributed by atoms with Crippen molar-refractivity contribution in [2.45, 2.75) is 18.0 Å². The van der Waals surface area contributed by atoms with Gasteiger partial charge < -0.3 is 10.2 Å². The maximum atomic E-state index is 12.1. The van der Waals surface area contributed by atoms with E-state index in [-0.39, 0.29) is 11.7 Å². The number of amides is 1. The van der Waals surface area contributed by atoms with Crippen LogP contribution in [0.3, 0.4) is 0 Å². The van der Waals surface area contributed by atoms with E-state index in [0.717, 1.165) is 35.9 Å². The molecule has 1 aliphatic rings. The molecule has 1 aliphatic heterocycles. The van der Waals surface area contributed by atoms with Crippen molar-refractivity contribution in [3.63, 3.8) is 0 Å². The van der Waals surface area contributed by atoms with Gasteiger partial charge in [0.2, 0.25) is 11.1 Å². The largest absolute Gasteiger partial charge is 0.355 e. The summed E-state index contributed by atoms with van der Waals surface area (Å²) in [6.45, 7) is 2.10. The zero-order chi connectivity index (χ0) is 19.3. The van der Waals surface area contributed by atoms with E-state index in [2.05, 4.69) is 35.9 Å². The number of nitrogens with zero attached hydrogens (tertiary/aromatic N) is 7. The molecule has 144 valence electrons. The maximum Gasteiger partial charge on any atom is 0.234 e.